The fraction of sp³-hybridized carbons (Fsp3) is 0.538. The molecule has 1 aromatic rings. The number of aliphatic hydroxyl groups is 1. The molecule has 0 saturated heterocycles. The highest BCUT2D eigenvalue weighted by molar-refractivity contribution is 5.21. The van der Waals surface area contributed by atoms with Crippen LogP contribution in [0.5, 0.6) is 0 Å². The first-order valence-corrected chi connectivity index (χ1v) is 6.05. The van der Waals surface area contributed by atoms with Gasteiger partial charge in [0.05, 0.1) is 6.61 Å². The van der Waals surface area contributed by atoms with Crippen LogP contribution in [-0.4, -0.2) is 31.0 Å². The molecule has 0 heterocycles. The molecule has 0 amide bonds. The van der Waals surface area contributed by atoms with E-state index in [0.29, 0.717) is 19.5 Å². The van der Waals surface area contributed by atoms with E-state index in [4.69, 9.17) is 5.11 Å². The molecule has 2 N–H and O–H groups in total. The van der Waals surface area contributed by atoms with Crippen molar-refractivity contribution in [2.24, 2.45) is 0 Å². The predicted molar refractivity (Wildman–Crippen MR) is 65.6 cm³/mol. The van der Waals surface area contributed by atoms with Crippen LogP contribution in [0.3, 0.4) is 0 Å². The van der Waals surface area contributed by atoms with Gasteiger partial charge >= 0.3 is 6.18 Å². The highest BCUT2D eigenvalue weighted by Crippen LogP contribution is 2.14. The Labute approximate surface area is 110 Å². The zero-order valence-electron chi connectivity index (χ0n) is 10.5. The zero-order valence-corrected chi connectivity index (χ0v) is 10.5. The Kier molecular flexibility index (Phi) is 6.83. The fourth-order valence-corrected chi connectivity index (χ4v) is 1.48. The molecule has 0 saturated carbocycles. The molecule has 0 aliphatic carbocycles. The lowest BCUT2D eigenvalue weighted by atomic mass is 10.1. The number of benzene rings is 1. The minimum atomic E-state index is -4.25. The summed E-state index contributed by atoms with van der Waals surface area (Å²) in [5.41, 5.74) is 1.91. The summed E-state index contributed by atoms with van der Waals surface area (Å²) >= 11 is 0. The van der Waals surface area contributed by atoms with Crippen molar-refractivity contribution < 1.29 is 23.0 Å². The minimum Gasteiger partial charge on any atom is -0.392 e. The van der Waals surface area contributed by atoms with Crippen LogP contribution >= 0.6 is 0 Å². The minimum absolute atomic E-state index is 0.0181. The first-order chi connectivity index (χ1) is 9.01. The highest BCUT2D eigenvalue weighted by atomic mass is 19.4. The van der Waals surface area contributed by atoms with Gasteiger partial charge in [-0.3, -0.25) is 0 Å². The van der Waals surface area contributed by atoms with Gasteiger partial charge in [0.15, 0.2) is 0 Å². The molecule has 0 aromatic heterocycles. The van der Waals surface area contributed by atoms with Gasteiger partial charge in [-0.05, 0) is 24.1 Å². The van der Waals surface area contributed by atoms with E-state index in [-0.39, 0.29) is 13.2 Å². The predicted octanol–water partition coefficient (Wildman–Crippen LogP) is 2.24. The molecule has 0 aliphatic rings. The van der Waals surface area contributed by atoms with E-state index in [9.17, 15) is 13.2 Å². The molecule has 0 fully saturated rings. The molecule has 1 rings (SSSR count). The summed E-state index contributed by atoms with van der Waals surface area (Å²) in [6.07, 6.45) is -3.72. The third-order valence-corrected chi connectivity index (χ3v) is 2.44. The molecular weight excluding hydrogens is 259 g/mol. The lowest BCUT2D eigenvalue weighted by Gasteiger charge is -2.08. The van der Waals surface area contributed by atoms with Crippen LogP contribution in [0.25, 0.3) is 0 Å². The molecule has 19 heavy (non-hydrogen) atoms. The van der Waals surface area contributed by atoms with E-state index in [1.165, 1.54) is 0 Å². The van der Waals surface area contributed by atoms with Crippen molar-refractivity contribution in [3.8, 4) is 0 Å². The molecule has 0 bridgehead atoms. The molecule has 0 atom stereocenters. The number of hydrogen-bond acceptors (Lipinski definition) is 3. The molecule has 0 radical (unpaired) electrons. The maximum atomic E-state index is 11.8. The van der Waals surface area contributed by atoms with Crippen LogP contribution < -0.4 is 5.32 Å². The van der Waals surface area contributed by atoms with Crippen molar-refractivity contribution in [1.29, 1.82) is 0 Å². The van der Waals surface area contributed by atoms with Crippen molar-refractivity contribution in [3.05, 3.63) is 35.4 Å². The van der Waals surface area contributed by atoms with Crippen molar-refractivity contribution in [3.63, 3.8) is 0 Å². The monoisotopic (exact) mass is 277 g/mol. The molecule has 0 unspecified atom stereocenters. The van der Waals surface area contributed by atoms with Crippen LogP contribution in [0.4, 0.5) is 13.2 Å². The number of aliphatic hydroxyl groups excluding tert-OH is 1. The lowest BCUT2D eigenvalue weighted by molar-refractivity contribution is -0.173. The van der Waals surface area contributed by atoms with E-state index in [0.717, 1.165) is 11.1 Å². The Morgan fingerprint density at radius 2 is 1.74 bits per heavy atom. The number of hydrogen-bond donors (Lipinski definition) is 2. The first kappa shape index (κ1) is 15.9. The second-order valence-corrected chi connectivity index (χ2v) is 4.17. The summed E-state index contributed by atoms with van der Waals surface area (Å²) in [4.78, 5) is 0. The maximum absolute atomic E-state index is 11.8. The van der Waals surface area contributed by atoms with Crippen LogP contribution in [0.15, 0.2) is 24.3 Å². The fourth-order valence-electron chi connectivity index (χ4n) is 1.48. The summed E-state index contributed by atoms with van der Waals surface area (Å²) in [7, 11) is 0. The van der Waals surface area contributed by atoms with Gasteiger partial charge in [-0.2, -0.15) is 13.2 Å². The average molecular weight is 277 g/mol. The van der Waals surface area contributed by atoms with Crippen molar-refractivity contribution in [2.45, 2.75) is 25.7 Å². The van der Waals surface area contributed by atoms with Gasteiger partial charge in [0.1, 0.15) is 6.61 Å². The summed E-state index contributed by atoms with van der Waals surface area (Å²) in [6, 6.07) is 7.48. The Morgan fingerprint density at radius 3 is 2.32 bits per heavy atom. The topological polar surface area (TPSA) is 41.5 Å². The maximum Gasteiger partial charge on any atom is 0.411 e. The Balaban J connectivity index is 2.04. The zero-order chi connectivity index (χ0) is 14.1. The molecule has 0 spiro atoms. The quantitative estimate of drug-likeness (QED) is 0.716. The van der Waals surface area contributed by atoms with Crippen LogP contribution in [0, 0.1) is 0 Å². The van der Waals surface area contributed by atoms with Gasteiger partial charge < -0.3 is 15.2 Å². The van der Waals surface area contributed by atoms with Crippen LogP contribution in [-0.2, 0) is 17.9 Å². The lowest BCUT2D eigenvalue weighted by Crippen LogP contribution is -2.20. The van der Waals surface area contributed by atoms with Crippen LogP contribution in [0.2, 0.25) is 0 Å². The van der Waals surface area contributed by atoms with E-state index in [1.807, 2.05) is 24.3 Å². The second-order valence-electron chi connectivity index (χ2n) is 4.17. The van der Waals surface area contributed by atoms with Gasteiger partial charge in [-0.25, -0.2) is 0 Å². The number of alkyl halides is 3. The van der Waals surface area contributed by atoms with Crippen molar-refractivity contribution in [2.75, 3.05) is 19.8 Å². The van der Waals surface area contributed by atoms with E-state index in [1.54, 1.807) is 0 Å². The largest absolute Gasteiger partial charge is 0.411 e. The van der Waals surface area contributed by atoms with E-state index < -0.39 is 12.8 Å². The molecule has 1 aromatic carbocycles. The smallest absolute Gasteiger partial charge is 0.392 e. The van der Waals surface area contributed by atoms with Gasteiger partial charge in [0.25, 0.3) is 0 Å². The van der Waals surface area contributed by atoms with E-state index in [2.05, 4.69) is 10.1 Å². The number of halogens is 3. The van der Waals surface area contributed by atoms with Crippen molar-refractivity contribution in [1.82, 2.24) is 5.32 Å². The molecular formula is C13H18F3NO2. The highest BCUT2D eigenvalue weighted by Gasteiger charge is 2.27. The van der Waals surface area contributed by atoms with Gasteiger partial charge in [0.2, 0.25) is 0 Å². The Morgan fingerprint density at radius 1 is 1.11 bits per heavy atom. The Bertz CT molecular complexity index is 352. The Hall–Kier alpha value is -1.11. The molecule has 108 valence electrons. The summed E-state index contributed by atoms with van der Waals surface area (Å²) < 4.78 is 39.8. The normalized spacial score (nSPS) is 11.8. The third-order valence-electron chi connectivity index (χ3n) is 2.44. The SMILES string of the molecule is OCc1ccc(CNCCCOCC(F)(F)F)cc1. The summed E-state index contributed by atoms with van der Waals surface area (Å²) in [5, 5.41) is 12.0. The number of rotatable bonds is 8. The second kappa shape index (κ2) is 8.14. The van der Waals surface area contributed by atoms with Gasteiger partial charge in [-0.15, -0.1) is 0 Å². The first-order valence-electron chi connectivity index (χ1n) is 6.05. The van der Waals surface area contributed by atoms with E-state index >= 15 is 0 Å². The average Bonchev–Trinajstić information content (AvgIpc) is 2.37. The van der Waals surface area contributed by atoms with Gasteiger partial charge in [0, 0.05) is 13.2 Å². The number of nitrogens with one attached hydrogen (secondary N) is 1. The van der Waals surface area contributed by atoms with Crippen molar-refractivity contribution >= 4 is 0 Å². The molecule has 3 nitrogen and oxygen atoms in total. The standard InChI is InChI=1S/C13H18F3NO2/c14-13(15,16)10-19-7-1-6-17-8-11-2-4-12(9-18)5-3-11/h2-5,17-18H,1,6-10H2. The van der Waals surface area contributed by atoms with Gasteiger partial charge in [-0.1, -0.05) is 24.3 Å². The third kappa shape index (κ3) is 7.81. The number of ether oxygens (including phenoxy) is 1. The molecule has 6 heteroatoms. The summed E-state index contributed by atoms with van der Waals surface area (Å²) in [6.45, 7) is 0.167. The van der Waals surface area contributed by atoms with Crippen LogP contribution in [0.1, 0.15) is 17.5 Å². The molecule has 0 aliphatic heterocycles. The summed E-state index contributed by atoms with van der Waals surface area (Å²) in [5.74, 6) is 0.